The van der Waals surface area contributed by atoms with Gasteiger partial charge in [-0.25, -0.2) is 0 Å². The number of amides is 1. The van der Waals surface area contributed by atoms with Crippen molar-refractivity contribution in [1.82, 2.24) is 10.6 Å². The van der Waals surface area contributed by atoms with Gasteiger partial charge in [-0.15, -0.1) is 0 Å². The van der Waals surface area contributed by atoms with E-state index in [2.05, 4.69) is 31.4 Å². The maximum atomic E-state index is 11.9. The lowest BCUT2D eigenvalue weighted by Gasteiger charge is -2.59. The van der Waals surface area contributed by atoms with Crippen molar-refractivity contribution in [2.24, 2.45) is 29.1 Å². The molecule has 0 radical (unpaired) electrons. The first-order valence-electron chi connectivity index (χ1n) is 8.97. The Balaban J connectivity index is 1.51. The third-order valence-corrected chi connectivity index (χ3v) is 6.28. The number of carbonyl (C=O) groups excluding carboxylic acids is 1. The fraction of sp³-hybridized carbons (Fsp3) is 0.944. The van der Waals surface area contributed by atoms with Crippen LogP contribution in [-0.2, 0) is 4.79 Å². The summed E-state index contributed by atoms with van der Waals surface area (Å²) in [6.07, 6.45) is 8.67. The summed E-state index contributed by atoms with van der Waals surface area (Å²) in [5, 5.41) is 6.56. The van der Waals surface area contributed by atoms with Gasteiger partial charge in [0.05, 0.1) is 6.54 Å². The highest BCUT2D eigenvalue weighted by atomic mass is 16.1. The Morgan fingerprint density at radius 3 is 2.05 bits per heavy atom. The zero-order chi connectivity index (χ0) is 15.0. The molecular formula is C18H32N2O. The molecule has 2 N–H and O–H groups in total. The number of carbonyl (C=O) groups is 1. The second-order valence-corrected chi connectivity index (χ2v) is 8.58. The van der Waals surface area contributed by atoms with Crippen LogP contribution >= 0.6 is 0 Å². The Hall–Kier alpha value is -0.570. The van der Waals surface area contributed by atoms with E-state index in [4.69, 9.17) is 0 Å². The van der Waals surface area contributed by atoms with Crippen molar-refractivity contribution in [2.45, 2.75) is 65.3 Å². The van der Waals surface area contributed by atoms with Gasteiger partial charge in [0, 0.05) is 12.6 Å². The SMILES string of the molecule is CC(C)CNC(=O)CNC(C)C12CC3CC(CC(C3)C1)C2. The normalized spacial score (nSPS) is 38.8. The molecule has 1 atom stereocenters. The third kappa shape index (κ3) is 3.28. The van der Waals surface area contributed by atoms with Gasteiger partial charge < -0.3 is 10.6 Å². The summed E-state index contributed by atoms with van der Waals surface area (Å²) in [6, 6.07) is 0.482. The molecule has 4 rings (SSSR count). The van der Waals surface area contributed by atoms with Crippen LogP contribution in [0, 0.1) is 29.1 Å². The summed E-state index contributed by atoms with van der Waals surface area (Å²) in [5.41, 5.74) is 0.493. The molecule has 4 fully saturated rings. The molecular weight excluding hydrogens is 260 g/mol. The Kier molecular flexibility index (Phi) is 4.31. The number of hydrogen-bond acceptors (Lipinski definition) is 2. The van der Waals surface area contributed by atoms with Gasteiger partial charge in [-0.05, 0) is 74.5 Å². The summed E-state index contributed by atoms with van der Waals surface area (Å²) in [7, 11) is 0. The topological polar surface area (TPSA) is 41.1 Å². The molecule has 3 nitrogen and oxygen atoms in total. The van der Waals surface area contributed by atoms with E-state index >= 15 is 0 Å². The highest BCUT2D eigenvalue weighted by Crippen LogP contribution is 2.61. The molecule has 4 aliphatic rings. The summed E-state index contributed by atoms with van der Waals surface area (Å²) >= 11 is 0. The number of hydrogen-bond donors (Lipinski definition) is 2. The predicted octanol–water partition coefficient (Wildman–Crippen LogP) is 2.95. The van der Waals surface area contributed by atoms with Gasteiger partial charge in [-0.1, -0.05) is 13.8 Å². The molecule has 0 aliphatic heterocycles. The van der Waals surface area contributed by atoms with Crippen molar-refractivity contribution in [3.05, 3.63) is 0 Å². The minimum absolute atomic E-state index is 0.153. The van der Waals surface area contributed by atoms with Crippen LogP contribution in [0.15, 0.2) is 0 Å². The van der Waals surface area contributed by atoms with Crippen LogP contribution in [0.4, 0.5) is 0 Å². The molecule has 4 saturated carbocycles. The van der Waals surface area contributed by atoms with Crippen molar-refractivity contribution >= 4 is 5.91 Å². The highest BCUT2D eigenvalue weighted by Gasteiger charge is 2.52. The van der Waals surface area contributed by atoms with E-state index in [1.165, 1.54) is 38.5 Å². The predicted molar refractivity (Wildman–Crippen MR) is 85.9 cm³/mol. The zero-order valence-corrected chi connectivity index (χ0v) is 14.0. The molecule has 0 heterocycles. The summed E-state index contributed by atoms with van der Waals surface area (Å²) in [6.45, 7) is 7.85. The van der Waals surface area contributed by atoms with Gasteiger partial charge in [0.2, 0.25) is 5.91 Å². The van der Waals surface area contributed by atoms with E-state index in [0.29, 0.717) is 23.9 Å². The first kappa shape index (κ1) is 15.3. The van der Waals surface area contributed by atoms with E-state index in [0.717, 1.165) is 24.3 Å². The number of nitrogens with one attached hydrogen (secondary N) is 2. The lowest BCUT2D eigenvalue weighted by molar-refractivity contribution is -0.121. The van der Waals surface area contributed by atoms with Gasteiger partial charge in [0.15, 0.2) is 0 Å². The van der Waals surface area contributed by atoms with Crippen LogP contribution < -0.4 is 10.6 Å². The molecule has 21 heavy (non-hydrogen) atoms. The summed E-state index contributed by atoms with van der Waals surface area (Å²) in [5.74, 6) is 3.62. The van der Waals surface area contributed by atoms with E-state index in [1.807, 2.05) is 0 Å². The van der Waals surface area contributed by atoms with Crippen LogP contribution in [-0.4, -0.2) is 25.0 Å². The highest BCUT2D eigenvalue weighted by molar-refractivity contribution is 5.78. The molecule has 4 aliphatic carbocycles. The molecule has 0 aromatic rings. The van der Waals surface area contributed by atoms with Crippen LogP contribution in [0.1, 0.15) is 59.3 Å². The Morgan fingerprint density at radius 1 is 1.05 bits per heavy atom. The minimum atomic E-state index is 0.153. The zero-order valence-electron chi connectivity index (χ0n) is 14.0. The summed E-state index contributed by atoms with van der Waals surface area (Å²) in [4.78, 5) is 11.9. The lowest BCUT2D eigenvalue weighted by atomic mass is 9.48. The largest absolute Gasteiger partial charge is 0.355 e. The molecule has 0 aromatic heterocycles. The fourth-order valence-electron chi connectivity index (χ4n) is 5.55. The van der Waals surface area contributed by atoms with Gasteiger partial charge in [0.25, 0.3) is 0 Å². The Morgan fingerprint density at radius 2 is 1.57 bits per heavy atom. The molecule has 1 unspecified atom stereocenters. The Bertz CT molecular complexity index is 355. The van der Waals surface area contributed by atoms with Gasteiger partial charge in [0.1, 0.15) is 0 Å². The van der Waals surface area contributed by atoms with Gasteiger partial charge in [-0.3, -0.25) is 4.79 Å². The van der Waals surface area contributed by atoms with Gasteiger partial charge >= 0.3 is 0 Å². The first-order valence-corrected chi connectivity index (χ1v) is 8.97. The fourth-order valence-corrected chi connectivity index (χ4v) is 5.55. The lowest BCUT2D eigenvalue weighted by Crippen LogP contribution is -2.56. The second-order valence-electron chi connectivity index (χ2n) is 8.58. The van der Waals surface area contributed by atoms with E-state index in [9.17, 15) is 4.79 Å². The quantitative estimate of drug-likeness (QED) is 0.790. The summed E-state index contributed by atoms with van der Waals surface area (Å²) < 4.78 is 0. The monoisotopic (exact) mass is 292 g/mol. The van der Waals surface area contributed by atoms with Crippen molar-refractivity contribution < 1.29 is 4.79 Å². The van der Waals surface area contributed by atoms with Crippen LogP contribution in [0.2, 0.25) is 0 Å². The second kappa shape index (κ2) is 5.91. The molecule has 1 amide bonds. The smallest absolute Gasteiger partial charge is 0.233 e. The van der Waals surface area contributed by atoms with Crippen molar-refractivity contribution in [1.29, 1.82) is 0 Å². The Labute approximate surface area is 129 Å². The molecule has 0 aromatic carbocycles. The molecule has 0 spiro atoms. The van der Waals surface area contributed by atoms with Crippen molar-refractivity contribution in [3.63, 3.8) is 0 Å². The molecule has 0 saturated heterocycles. The number of rotatable bonds is 6. The van der Waals surface area contributed by atoms with Crippen LogP contribution in [0.25, 0.3) is 0 Å². The van der Waals surface area contributed by atoms with E-state index < -0.39 is 0 Å². The van der Waals surface area contributed by atoms with Crippen LogP contribution in [0.5, 0.6) is 0 Å². The van der Waals surface area contributed by atoms with E-state index in [-0.39, 0.29) is 5.91 Å². The third-order valence-electron chi connectivity index (χ3n) is 6.28. The van der Waals surface area contributed by atoms with Crippen LogP contribution in [0.3, 0.4) is 0 Å². The molecule has 3 heteroatoms. The average molecular weight is 292 g/mol. The first-order chi connectivity index (χ1) is 9.97. The molecule has 120 valence electrons. The van der Waals surface area contributed by atoms with Crippen molar-refractivity contribution in [2.75, 3.05) is 13.1 Å². The maximum absolute atomic E-state index is 11.9. The maximum Gasteiger partial charge on any atom is 0.233 e. The molecule has 4 bridgehead atoms. The van der Waals surface area contributed by atoms with Gasteiger partial charge in [-0.2, -0.15) is 0 Å². The van der Waals surface area contributed by atoms with Crippen molar-refractivity contribution in [3.8, 4) is 0 Å². The standard InChI is InChI=1S/C18H32N2O/c1-12(2)10-20-17(21)11-19-13(3)18-7-14-4-15(8-18)6-16(5-14)9-18/h12-16,19H,4-11H2,1-3H3,(H,20,21). The minimum Gasteiger partial charge on any atom is -0.355 e. The van der Waals surface area contributed by atoms with E-state index in [1.54, 1.807) is 0 Å². The average Bonchev–Trinajstić information content (AvgIpc) is 2.41.